The Labute approximate surface area is 141 Å². The Balaban J connectivity index is 1.71. The molecule has 2 heterocycles. The Kier molecular flexibility index (Phi) is 4.93. The topological polar surface area (TPSA) is 44.8 Å². The minimum absolute atomic E-state index is 0.101. The van der Waals surface area contributed by atoms with Crippen molar-refractivity contribution in [3.63, 3.8) is 0 Å². The highest BCUT2D eigenvalue weighted by Gasteiger charge is 2.30. The molecule has 2 aliphatic heterocycles. The van der Waals surface area contributed by atoms with Crippen LogP contribution in [0.5, 0.6) is 0 Å². The zero-order valence-electron chi connectivity index (χ0n) is 13.2. The fourth-order valence-electron chi connectivity index (χ4n) is 2.88. The fourth-order valence-corrected chi connectivity index (χ4v) is 3.16. The minimum atomic E-state index is -0.101. The van der Waals surface area contributed by atoms with Crippen LogP contribution in [0.1, 0.15) is 18.4 Å². The number of nitrogens with one attached hydrogen (secondary N) is 1. The van der Waals surface area contributed by atoms with E-state index in [0.717, 1.165) is 18.7 Å². The smallest absolute Gasteiger partial charge is 0.276 e. The van der Waals surface area contributed by atoms with Crippen LogP contribution >= 0.6 is 12.2 Å². The van der Waals surface area contributed by atoms with E-state index in [4.69, 9.17) is 17.0 Å². The van der Waals surface area contributed by atoms with Crippen molar-refractivity contribution in [2.75, 3.05) is 38.3 Å². The summed E-state index contributed by atoms with van der Waals surface area (Å²) >= 11 is 5.21. The lowest BCUT2D eigenvalue weighted by Gasteiger charge is -2.17. The van der Waals surface area contributed by atoms with Crippen molar-refractivity contribution in [2.24, 2.45) is 0 Å². The van der Waals surface area contributed by atoms with Gasteiger partial charge in [0.2, 0.25) is 0 Å². The van der Waals surface area contributed by atoms with Crippen molar-refractivity contribution in [2.45, 2.75) is 12.8 Å². The molecule has 5 nitrogen and oxygen atoms in total. The van der Waals surface area contributed by atoms with Gasteiger partial charge in [0.15, 0.2) is 5.11 Å². The maximum atomic E-state index is 12.3. The molecule has 0 aromatic heterocycles. The first kappa shape index (κ1) is 16.0. The lowest BCUT2D eigenvalue weighted by Crippen LogP contribution is -2.33. The van der Waals surface area contributed by atoms with Crippen LogP contribution in [0.2, 0.25) is 0 Å². The van der Waals surface area contributed by atoms with Crippen LogP contribution in [-0.4, -0.2) is 49.3 Å². The first-order chi connectivity index (χ1) is 11.2. The van der Waals surface area contributed by atoms with Gasteiger partial charge in [-0.05, 0) is 48.8 Å². The molecular weight excluding hydrogens is 310 g/mol. The quantitative estimate of drug-likeness (QED) is 0.660. The molecule has 2 fully saturated rings. The molecule has 0 unspecified atom stereocenters. The molecule has 1 aromatic carbocycles. The summed E-state index contributed by atoms with van der Waals surface area (Å²) in [5.41, 5.74) is 2.74. The highest BCUT2D eigenvalue weighted by atomic mass is 32.1. The molecule has 0 aliphatic carbocycles. The van der Waals surface area contributed by atoms with Crippen LogP contribution in [0.15, 0.2) is 30.0 Å². The largest absolute Gasteiger partial charge is 0.383 e. The van der Waals surface area contributed by atoms with Gasteiger partial charge in [-0.15, -0.1) is 0 Å². The van der Waals surface area contributed by atoms with Gasteiger partial charge in [0.05, 0.1) is 13.2 Å². The lowest BCUT2D eigenvalue weighted by atomic mass is 10.1. The summed E-state index contributed by atoms with van der Waals surface area (Å²) in [7, 11) is 1.61. The van der Waals surface area contributed by atoms with Crippen molar-refractivity contribution in [1.82, 2.24) is 10.2 Å². The van der Waals surface area contributed by atoms with Crippen molar-refractivity contribution in [3.05, 3.63) is 35.5 Å². The second-order valence-electron chi connectivity index (χ2n) is 5.72. The van der Waals surface area contributed by atoms with E-state index in [2.05, 4.69) is 22.3 Å². The molecule has 6 heteroatoms. The third-order valence-electron chi connectivity index (χ3n) is 4.16. The van der Waals surface area contributed by atoms with Gasteiger partial charge >= 0.3 is 0 Å². The zero-order chi connectivity index (χ0) is 16.2. The lowest BCUT2D eigenvalue weighted by molar-refractivity contribution is -0.122. The molecule has 0 saturated carbocycles. The second-order valence-corrected chi connectivity index (χ2v) is 6.11. The third kappa shape index (κ3) is 3.54. The third-order valence-corrected chi connectivity index (χ3v) is 4.48. The predicted octanol–water partition coefficient (Wildman–Crippen LogP) is 1.99. The number of anilines is 1. The molecule has 122 valence electrons. The normalized spacial score (nSPS) is 19.8. The summed E-state index contributed by atoms with van der Waals surface area (Å²) in [5, 5.41) is 3.42. The molecular formula is C17H21N3O2S. The number of methoxy groups -OCH3 is 1. The molecule has 0 spiro atoms. The molecule has 1 N–H and O–H groups in total. The number of ether oxygens (including phenoxy) is 1. The van der Waals surface area contributed by atoms with E-state index in [-0.39, 0.29) is 5.91 Å². The van der Waals surface area contributed by atoms with Crippen LogP contribution in [0.25, 0.3) is 6.08 Å². The van der Waals surface area contributed by atoms with Gasteiger partial charge in [-0.3, -0.25) is 9.69 Å². The summed E-state index contributed by atoms with van der Waals surface area (Å²) in [4.78, 5) is 16.3. The van der Waals surface area contributed by atoms with Gasteiger partial charge in [-0.2, -0.15) is 0 Å². The Bertz CT molecular complexity index is 621. The van der Waals surface area contributed by atoms with Crippen molar-refractivity contribution >= 4 is 35.0 Å². The Hall–Kier alpha value is -1.92. The van der Waals surface area contributed by atoms with Gasteiger partial charge in [-0.1, -0.05) is 12.1 Å². The molecule has 2 saturated heterocycles. The van der Waals surface area contributed by atoms with E-state index in [1.807, 2.05) is 18.2 Å². The Morgan fingerprint density at radius 1 is 1.26 bits per heavy atom. The number of carbonyl (C=O) groups is 1. The molecule has 23 heavy (non-hydrogen) atoms. The number of amides is 1. The predicted molar refractivity (Wildman–Crippen MR) is 95.2 cm³/mol. The van der Waals surface area contributed by atoms with Gasteiger partial charge in [0.25, 0.3) is 5.91 Å². The Morgan fingerprint density at radius 3 is 2.61 bits per heavy atom. The maximum Gasteiger partial charge on any atom is 0.276 e. The highest BCUT2D eigenvalue weighted by Crippen LogP contribution is 2.22. The number of thiocarbonyl (C=S) groups is 1. The van der Waals surface area contributed by atoms with Crippen LogP contribution in [0.3, 0.4) is 0 Å². The number of nitrogens with zero attached hydrogens (tertiary/aromatic N) is 2. The van der Waals surface area contributed by atoms with E-state index >= 15 is 0 Å². The first-order valence-electron chi connectivity index (χ1n) is 7.87. The van der Waals surface area contributed by atoms with E-state index < -0.39 is 0 Å². The van der Waals surface area contributed by atoms with Crippen LogP contribution < -0.4 is 10.2 Å². The monoisotopic (exact) mass is 331 g/mol. The summed E-state index contributed by atoms with van der Waals surface area (Å²) < 4.78 is 5.01. The second kappa shape index (κ2) is 7.10. The number of benzene rings is 1. The average Bonchev–Trinajstić information content (AvgIpc) is 3.17. The van der Waals surface area contributed by atoms with Crippen LogP contribution in [-0.2, 0) is 9.53 Å². The molecule has 2 aliphatic rings. The number of hydrogen-bond acceptors (Lipinski definition) is 4. The van der Waals surface area contributed by atoms with E-state index in [9.17, 15) is 4.79 Å². The number of carbonyl (C=O) groups excluding carboxylic acids is 1. The summed E-state index contributed by atoms with van der Waals surface area (Å²) in [6, 6.07) is 8.29. The molecule has 0 bridgehead atoms. The van der Waals surface area contributed by atoms with E-state index in [1.165, 1.54) is 23.4 Å². The Morgan fingerprint density at radius 2 is 1.96 bits per heavy atom. The summed E-state index contributed by atoms with van der Waals surface area (Å²) in [6.07, 6.45) is 4.37. The van der Waals surface area contributed by atoms with Gasteiger partial charge in [-0.25, -0.2) is 0 Å². The van der Waals surface area contributed by atoms with Gasteiger partial charge in [0, 0.05) is 25.9 Å². The molecule has 1 amide bonds. The molecule has 0 atom stereocenters. The average molecular weight is 331 g/mol. The van der Waals surface area contributed by atoms with Crippen molar-refractivity contribution in [3.8, 4) is 0 Å². The fraction of sp³-hybridized carbons (Fsp3) is 0.412. The van der Waals surface area contributed by atoms with Gasteiger partial charge in [0.1, 0.15) is 5.70 Å². The summed E-state index contributed by atoms with van der Waals surface area (Å²) in [5.74, 6) is -0.101. The van der Waals surface area contributed by atoms with Crippen LogP contribution in [0, 0.1) is 0 Å². The van der Waals surface area contributed by atoms with Crippen LogP contribution in [0.4, 0.5) is 5.69 Å². The van der Waals surface area contributed by atoms with Crippen molar-refractivity contribution < 1.29 is 9.53 Å². The van der Waals surface area contributed by atoms with Crippen molar-refractivity contribution in [1.29, 1.82) is 0 Å². The zero-order valence-corrected chi connectivity index (χ0v) is 14.1. The molecule has 0 radical (unpaired) electrons. The summed E-state index contributed by atoms with van der Waals surface area (Å²) in [6.45, 7) is 3.18. The standard InChI is InChI=1S/C17H21N3O2S/c1-22-11-10-20-16(21)15(18-17(20)23)12-13-4-6-14(7-5-13)19-8-2-3-9-19/h4-7,12H,2-3,8-11H2,1H3,(H,18,23)/b15-12-. The highest BCUT2D eigenvalue weighted by molar-refractivity contribution is 7.80. The first-order valence-corrected chi connectivity index (χ1v) is 8.28. The van der Waals surface area contributed by atoms with Gasteiger partial charge < -0.3 is 15.0 Å². The minimum Gasteiger partial charge on any atom is -0.383 e. The van der Waals surface area contributed by atoms with E-state index in [0.29, 0.717) is 24.0 Å². The van der Waals surface area contributed by atoms with E-state index in [1.54, 1.807) is 7.11 Å². The molecule has 1 aromatic rings. The maximum absolute atomic E-state index is 12.3. The molecule has 3 rings (SSSR count). The number of hydrogen-bond donors (Lipinski definition) is 1. The SMILES string of the molecule is COCCN1C(=O)/C(=C/c2ccc(N3CCCC3)cc2)NC1=S. The number of rotatable bonds is 5.